The normalized spacial score (nSPS) is 17.6. The summed E-state index contributed by atoms with van der Waals surface area (Å²) in [5.74, 6) is 0.0850. The molecular weight excluding hydrogens is 364 g/mol. The predicted molar refractivity (Wildman–Crippen MR) is 114 cm³/mol. The van der Waals surface area contributed by atoms with Crippen LogP contribution in [0.25, 0.3) is 11.1 Å². The van der Waals surface area contributed by atoms with Crippen molar-refractivity contribution in [3.63, 3.8) is 0 Å². The summed E-state index contributed by atoms with van der Waals surface area (Å²) in [5, 5.41) is 13.0. The van der Waals surface area contributed by atoms with E-state index in [2.05, 4.69) is 46.6 Å². The Labute approximate surface area is 172 Å². The number of aliphatic hydroxyl groups is 1. The lowest BCUT2D eigenvalue weighted by Gasteiger charge is -2.35. The Bertz CT molecular complexity index is 821. The van der Waals surface area contributed by atoms with Crippen LogP contribution in [0, 0.1) is 0 Å². The van der Waals surface area contributed by atoms with Crippen LogP contribution in [0.4, 0.5) is 4.79 Å². The Morgan fingerprint density at radius 2 is 1.62 bits per heavy atom. The number of alkyl carbamates (subject to hydrolysis) is 1. The second-order valence-electron chi connectivity index (χ2n) is 8.83. The molecule has 0 unspecified atom stereocenters. The minimum atomic E-state index is -0.687. The minimum absolute atomic E-state index is 0.0850. The summed E-state index contributed by atoms with van der Waals surface area (Å²) in [6.07, 6.45) is 1.41. The van der Waals surface area contributed by atoms with Gasteiger partial charge in [0.25, 0.3) is 0 Å². The van der Waals surface area contributed by atoms with E-state index in [1.807, 2.05) is 26.0 Å². The number of carbonyl (C=O) groups is 1. The summed E-state index contributed by atoms with van der Waals surface area (Å²) in [6.45, 7) is 6.40. The van der Waals surface area contributed by atoms with E-state index in [1.54, 1.807) is 0 Å². The summed E-state index contributed by atoms with van der Waals surface area (Å²) in [6, 6.07) is 16.8. The fraction of sp³-hybridized carbons (Fsp3) is 0.458. The van der Waals surface area contributed by atoms with Crippen LogP contribution >= 0.6 is 0 Å². The number of fused-ring (bicyclic) bond motifs is 3. The van der Waals surface area contributed by atoms with Gasteiger partial charge in [0, 0.05) is 31.6 Å². The highest BCUT2D eigenvalue weighted by Gasteiger charge is 2.30. The molecule has 0 atom stereocenters. The van der Waals surface area contributed by atoms with Crippen molar-refractivity contribution in [3.05, 3.63) is 59.7 Å². The van der Waals surface area contributed by atoms with Crippen molar-refractivity contribution in [1.29, 1.82) is 0 Å². The van der Waals surface area contributed by atoms with Crippen molar-refractivity contribution in [2.24, 2.45) is 0 Å². The molecule has 2 aliphatic rings. The molecule has 1 fully saturated rings. The van der Waals surface area contributed by atoms with Gasteiger partial charge in [-0.2, -0.15) is 0 Å². The van der Waals surface area contributed by atoms with Crippen molar-refractivity contribution in [2.45, 2.75) is 44.2 Å². The molecule has 1 amide bonds. The Hall–Kier alpha value is -2.37. The number of likely N-dealkylation sites (tertiary alicyclic amines) is 1. The van der Waals surface area contributed by atoms with Crippen LogP contribution in [0.15, 0.2) is 48.5 Å². The number of amides is 1. The molecule has 2 aromatic rings. The van der Waals surface area contributed by atoms with Crippen LogP contribution < -0.4 is 5.32 Å². The van der Waals surface area contributed by atoms with E-state index in [0.717, 1.165) is 25.9 Å². The Morgan fingerprint density at radius 3 is 2.17 bits per heavy atom. The summed E-state index contributed by atoms with van der Waals surface area (Å²) < 4.78 is 5.65. The molecule has 1 saturated heterocycles. The van der Waals surface area contributed by atoms with Gasteiger partial charge in [-0.1, -0.05) is 48.5 Å². The first-order valence-electron chi connectivity index (χ1n) is 10.5. The number of rotatable bonds is 5. The van der Waals surface area contributed by atoms with Gasteiger partial charge in [-0.05, 0) is 48.9 Å². The molecular formula is C24H30N2O3. The number of carbonyl (C=O) groups excluding carboxylic acids is 1. The molecule has 0 bridgehead atoms. The maximum atomic E-state index is 12.4. The first kappa shape index (κ1) is 19.9. The highest BCUT2D eigenvalue weighted by molar-refractivity contribution is 5.79. The van der Waals surface area contributed by atoms with Crippen LogP contribution in [-0.4, -0.2) is 54.0 Å². The smallest absolute Gasteiger partial charge is 0.407 e. The number of piperidine rings is 1. The highest BCUT2D eigenvalue weighted by atomic mass is 16.5. The van der Waals surface area contributed by atoms with Crippen molar-refractivity contribution in [1.82, 2.24) is 10.2 Å². The molecule has 0 saturated carbocycles. The van der Waals surface area contributed by atoms with E-state index in [1.165, 1.54) is 22.3 Å². The molecule has 4 rings (SSSR count). The standard InChI is InChI=1S/C24H30N2O3/c1-24(2,28)16-26-13-11-17(12-14-26)25-23(27)29-15-22-20-9-5-3-7-18(20)19-8-4-6-10-21(19)22/h3-10,17,22,28H,11-16H2,1-2H3,(H,25,27). The number of β-amino-alcohol motifs (C(OH)–C–C–N with tert-alkyl or cyclic N) is 1. The maximum absolute atomic E-state index is 12.4. The Balaban J connectivity index is 1.31. The quantitative estimate of drug-likeness (QED) is 0.811. The van der Waals surface area contributed by atoms with Gasteiger partial charge in [0.2, 0.25) is 0 Å². The van der Waals surface area contributed by atoms with Crippen molar-refractivity contribution >= 4 is 6.09 Å². The maximum Gasteiger partial charge on any atom is 0.407 e. The van der Waals surface area contributed by atoms with Gasteiger partial charge in [0.1, 0.15) is 6.61 Å². The number of hydrogen-bond donors (Lipinski definition) is 2. The molecule has 154 valence electrons. The van der Waals surface area contributed by atoms with Crippen LogP contribution in [0.1, 0.15) is 43.7 Å². The molecule has 5 nitrogen and oxygen atoms in total. The zero-order valence-electron chi connectivity index (χ0n) is 17.2. The summed E-state index contributed by atoms with van der Waals surface area (Å²) >= 11 is 0. The van der Waals surface area contributed by atoms with Gasteiger partial charge >= 0.3 is 6.09 Å². The zero-order valence-corrected chi connectivity index (χ0v) is 17.2. The number of benzene rings is 2. The average Bonchev–Trinajstić information content (AvgIpc) is 3.01. The topological polar surface area (TPSA) is 61.8 Å². The monoisotopic (exact) mass is 394 g/mol. The summed E-state index contributed by atoms with van der Waals surface area (Å²) in [7, 11) is 0. The molecule has 2 N–H and O–H groups in total. The molecule has 1 aliphatic heterocycles. The molecule has 2 aromatic carbocycles. The molecule has 0 aromatic heterocycles. The fourth-order valence-corrected chi connectivity index (χ4v) is 4.59. The highest BCUT2D eigenvalue weighted by Crippen LogP contribution is 2.44. The van der Waals surface area contributed by atoms with E-state index in [0.29, 0.717) is 13.2 Å². The van der Waals surface area contributed by atoms with E-state index >= 15 is 0 Å². The third kappa shape index (κ3) is 4.62. The fourth-order valence-electron chi connectivity index (χ4n) is 4.59. The van der Waals surface area contributed by atoms with Crippen molar-refractivity contribution in [2.75, 3.05) is 26.2 Å². The minimum Gasteiger partial charge on any atom is -0.449 e. The first-order chi connectivity index (χ1) is 13.9. The van der Waals surface area contributed by atoms with Gasteiger partial charge in [0.05, 0.1) is 5.60 Å². The molecule has 5 heteroatoms. The van der Waals surface area contributed by atoms with Gasteiger partial charge in [-0.15, -0.1) is 0 Å². The summed E-state index contributed by atoms with van der Waals surface area (Å²) in [5.41, 5.74) is 4.22. The zero-order chi connectivity index (χ0) is 20.4. The molecule has 0 spiro atoms. The van der Waals surface area contributed by atoms with Gasteiger partial charge < -0.3 is 20.1 Å². The Morgan fingerprint density at radius 1 is 1.07 bits per heavy atom. The van der Waals surface area contributed by atoms with Crippen LogP contribution in [0.5, 0.6) is 0 Å². The predicted octanol–water partition coefficient (Wildman–Crippen LogP) is 3.76. The number of nitrogens with one attached hydrogen (secondary N) is 1. The van der Waals surface area contributed by atoms with Crippen molar-refractivity contribution < 1.29 is 14.6 Å². The van der Waals surface area contributed by atoms with Crippen LogP contribution in [0.3, 0.4) is 0 Å². The van der Waals surface area contributed by atoms with Gasteiger partial charge in [-0.3, -0.25) is 0 Å². The summed E-state index contributed by atoms with van der Waals surface area (Å²) in [4.78, 5) is 14.7. The van der Waals surface area contributed by atoms with Gasteiger partial charge in [0.15, 0.2) is 0 Å². The second kappa shape index (κ2) is 8.17. The lowest BCUT2D eigenvalue weighted by Crippen LogP contribution is -2.48. The molecule has 1 heterocycles. The Kier molecular flexibility index (Phi) is 5.61. The number of nitrogens with zero attached hydrogens (tertiary/aromatic N) is 1. The number of ether oxygens (including phenoxy) is 1. The van der Waals surface area contributed by atoms with E-state index in [9.17, 15) is 9.90 Å². The largest absolute Gasteiger partial charge is 0.449 e. The lowest BCUT2D eigenvalue weighted by atomic mass is 9.98. The van der Waals surface area contributed by atoms with Crippen LogP contribution in [-0.2, 0) is 4.74 Å². The second-order valence-corrected chi connectivity index (χ2v) is 8.83. The van der Waals surface area contributed by atoms with E-state index in [-0.39, 0.29) is 18.1 Å². The van der Waals surface area contributed by atoms with E-state index in [4.69, 9.17) is 4.74 Å². The molecule has 1 aliphatic carbocycles. The van der Waals surface area contributed by atoms with E-state index < -0.39 is 5.60 Å². The third-order valence-electron chi connectivity index (χ3n) is 5.86. The SMILES string of the molecule is CC(C)(O)CN1CCC(NC(=O)OCC2c3ccccc3-c3ccccc32)CC1. The third-order valence-corrected chi connectivity index (χ3v) is 5.86. The van der Waals surface area contributed by atoms with Crippen LogP contribution in [0.2, 0.25) is 0 Å². The first-order valence-corrected chi connectivity index (χ1v) is 10.5. The number of hydrogen-bond acceptors (Lipinski definition) is 4. The van der Waals surface area contributed by atoms with Gasteiger partial charge in [-0.25, -0.2) is 4.79 Å². The van der Waals surface area contributed by atoms with Crippen molar-refractivity contribution in [3.8, 4) is 11.1 Å². The molecule has 29 heavy (non-hydrogen) atoms. The molecule has 0 radical (unpaired) electrons. The average molecular weight is 395 g/mol. The lowest BCUT2D eigenvalue weighted by molar-refractivity contribution is 0.0265.